The lowest BCUT2D eigenvalue weighted by Gasteiger charge is -2.42. The average molecular weight is 343 g/mol. The van der Waals surface area contributed by atoms with Gasteiger partial charge in [-0.3, -0.25) is 9.58 Å². The molecule has 1 aliphatic rings. The van der Waals surface area contributed by atoms with Crippen LogP contribution in [0.25, 0.3) is 0 Å². The zero-order valence-corrected chi connectivity index (χ0v) is 14.7. The van der Waals surface area contributed by atoms with Crippen molar-refractivity contribution in [1.82, 2.24) is 20.0 Å². The molecule has 0 spiro atoms. The quantitative estimate of drug-likeness (QED) is 0.861. The van der Waals surface area contributed by atoms with E-state index in [1.807, 2.05) is 6.20 Å². The Hall–Kier alpha value is -0.390. The van der Waals surface area contributed by atoms with Gasteiger partial charge in [-0.1, -0.05) is 6.92 Å². The number of likely N-dealkylation sites (N-methyl/N-ethyl adjacent to an activating group) is 1. The second-order valence-electron chi connectivity index (χ2n) is 6.03. The summed E-state index contributed by atoms with van der Waals surface area (Å²) in [5, 5.41) is 8.17. The monoisotopic (exact) mass is 342 g/mol. The number of halogens is 1. The van der Waals surface area contributed by atoms with Crippen LogP contribution in [0.5, 0.6) is 0 Å². The maximum absolute atomic E-state index is 4.49. The first-order valence-corrected chi connectivity index (χ1v) is 8.51. The molecule has 1 N–H and O–H groups in total. The van der Waals surface area contributed by atoms with Crippen LogP contribution in [-0.4, -0.2) is 39.9 Å². The van der Waals surface area contributed by atoms with E-state index in [1.54, 1.807) is 0 Å². The van der Waals surface area contributed by atoms with Crippen molar-refractivity contribution >= 4 is 15.9 Å². The third-order valence-corrected chi connectivity index (χ3v) is 5.05. The van der Waals surface area contributed by atoms with E-state index in [4.69, 9.17) is 0 Å². The first-order valence-electron chi connectivity index (χ1n) is 7.72. The molecule has 20 heavy (non-hydrogen) atoms. The maximum Gasteiger partial charge on any atom is 0.0714 e. The van der Waals surface area contributed by atoms with Gasteiger partial charge in [-0.2, -0.15) is 5.10 Å². The number of nitrogens with one attached hydrogen (secondary N) is 1. The lowest BCUT2D eigenvalue weighted by molar-refractivity contribution is 0.103. The first-order chi connectivity index (χ1) is 9.52. The van der Waals surface area contributed by atoms with Crippen LogP contribution < -0.4 is 5.32 Å². The molecule has 1 aromatic heterocycles. The van der Waals surface area contributed by atoms with Crippen LogP contribution in [0.4, 0.5) is 0 Å². The van der Waals surface area contributed by atoms with Crippen molar-refractivity contribution in [3.8, 4) is 0 Å². The van der Waals surface area contributed by atoms with E-state index in [9.17, 15) is 0 Å². The maximum atomic E-state index is 4.49. The Morgan fingerprint density at radius 3 is 2.55 bits per heavy atom. The molecule has 1 fully saturated rings. The van der Waals surface area contributed by atoms with Gasteiger partial charge in [-0.15, -0.1) is 0 Å². The predicted molar refractivity (Wildman–Crippen MR) is 86.9 cm³/mol. The molecule has 1 saturated heterocycles. The number of hydrogen-bond donors (Lipinski definition) is 1. The van der Waals surface area contributed by atoms with Crippen LogP contribution in [0.2, 0.25) is 0 Å². The number of hydrogen-bond acceptors (Lipinski definition) is 3. The molecule has 114 valence electrons. The van der Waals surface area contributed by atoms with Crippen molar-refractivity contribution in [3.63, 3.8) is 0 Å². The summed E-state index contributed by atoms with van der Waals surface area (Å²) in [6.07, 6.45) is 4.55. The van der Waals surface area contributed by atoms with E-state index < -0.39 is 0 Å². The Morgan fingerprint density at radius 1 is 1.35 bits per heavy atom. The molecule has 0 saturated carbocycles. The van der Waals surface area contributed by atoms with Gasteiger partial charge in [0.2, 0.25) is 0 Å². The third kappa shape index (κ3) is 2.95. The van der Waals surface area contributed by atoms with Crippen molar-refractivity contribution in [2.45, 2.75) is 58.7 Å². The summed E-state index contributed by atoms with van der Waals surface area (Å²) >= 11 is 3.69. The van der Waals surface area contributed by atoms with Crippen molar-refractivity contribution in [3.05, 3.63) is 16.4 Å². The topological polar surface area (TPSA) is 33.1 Å². The van der Waals surface area contributed by atoms with Crippen LogP contribution in [0.3, 0.4) is 0 Å². The number of rotatable bonds is 6. The Morgan fingerprint density at radius 2 is 2.00 bits per heavy atom. The summed E-state index contributed by atoms with van der Waals surface area (Å²) in [5.74, 6) is 0. The second-order valence-corrected chi connectivity index (χ2v) is 6.89. The van der Waals surface area contributed by atoms with Gasteiger partial charge in [0, 0.05) is 12.1 Å². The summed E-state index contributed by atoms with van der Waals surface area (Å²) < 4.78 is 3.22. The molecule has 0 aromatic carbocycles. The highest BCUT2D eigenvalue weighted by Crippen LogP contribution is 2.36. The summed E-state index contributed by atoms with van der Waals surface area (Å²) in [5.41, 5.74) is 1.35. The molecule has 4 nitrogen and oxygen atoms in total. The van der Waals surface area contributed by atoms with E-state index in [1.165, 1.54) is 31.6 Å². The van der Waals surface area contributed by atoms with Gasteiger partial charge in [0.05, 0.1) is 22.4 Å². The van der Waals surface area contributed by atoms with Crippen LogP contribution >= 0.6 is 15.9 Å². The molecule has 1 aromatic rings. The van der Waals surface area contributed by atoms with Crippen LogP contribution in [0, 0.1) is 0 Å². The molecule has 0 amide bonds. The molecular weight excluding hydrogens is 316 g/mol. The number of aryl methyl sites for hydroxylation is 1. The average Bonchev–Trinajstić information content (AvgIpc) is 3.05. The molecule has 0 bridgehead atoms. The molecule has 1 atom stereocenters. The van der Waals surface area contributed by atoms with Gasteiger partial charge in [0.25, 0.3) is 0 Å². The largest absolute Gasteiger partial charge is 0.307 e. The molecular formula is C15H27BrN4. The van der Waals surface area contributed by atoms with Gasteiger partial charge in [-0.25, -0.2) is 0 Å². The van der Waals surface area contributed by atoms with Crippen molar-refractivity contribution in [1.29, 1.82) is 0 Å². The van der Waals surface area contributed by atoms with Crippen LogP contribution in [-0.2, 0) is 6.54 Å². The Kier molecular flexibility index (Phi) is 5.26. The fraction of sp³-hybridized carbons (Fsp3) is 0.800. The molecule has 1 aliphatic heterocycles. The minimum Gasteiger partial charge on any atom is -0.307 e. The highest BCUT2D eigenvalue weighted by atomic mass is 79.9. The summed E-state index contributed by atoms with van der Waals surface area (Å²) in [7, 11) is 0. The zero-order valence-electron chi connectivity index (χ0n) is 13.1. The Balaban J connectivity index is 2.36. The van der Waals surface area contributed by atoms with Crippen molar-refractivity contribution in [2.75, 3.05) is 19.6 Å². The highest BCUT2D eigenvalue weighted by Gasteiger charge is 2.39. The zero-order chi connectivity index (χ0) is 14.8. The first kappa shape index (κ1) is 16.0. The van der Waals surface area contributed by atoms with E-state index in [-0.39, 0.29) is 11.6 Å². The minimum absolute atomic E-state index is 0.0853. The number of aromatic nitrogens is 2. The van der Waals surface area contributed by atoms with Crippen LogP contribution in [0.1, 0.15) is 52.3 Å². The Bertz CT molecular complexity index is 435. The predicted octanol–water partition coefficient (Wildman–Crippen LogP) is 3.19. The third-order valence-electron chi connectivity index (χ3n) is 4.44. The molecule has 0 aliphatic carbocycles. The smallest absolute Gasteiger partial charge is 0.0714 e. The summed E-state index contributed by atoms with van der Waals surface area (Å²) in [6.45, 7) is 13.3. The van der Waals surface area contributed by atoms with Gasteiger partial charge < -0.3 is 5.32 Å². The van der Waals surface area contributed by atoms with Gasteiger partial charge >= 0.3 is 0 Å². The SMILES string of the molecule is CCNC(c1c(Br)cnn1CC)C(C)(C)N1CCCC1. The molecule has 2 rings (SSSR count). The summed E-state index contributed by atoms with van der Waals surface area (Å²) in [4.78, 5) is 2.61. The van der Waals surface area contributed by atoms with Crippen molar-refractivity contribution < 1.29 is 0 Å². The van der Waals surface area contributed by atoms with Crippen molar-refractivity contribution in [2.24, 2.45) is 0 Å². The standard InChI is InChI=1S/C15H27BrN4/c1-5-17-14(13-12(16)11-18-20(13)6-2)15(3,4)19-9-7-8-10-19/h11,14,17H,5-10H2,1-4H3. The number of nitrogens with zero attached hydrogens (tertiary/aromatic N) is 3. The second kappa shape index (κ2) is 6.58. The van der Waals surface area contributed by atoms with E-state index in [2.05, 4.69) is 63.6 Å². The molecule has 5 heteroatoms. The van der Waals surface area contributed by atoms with Crippen LogP contribution in [0.15, 0.2) is 10.7 Å². The van der Waals surface area contributed by atoms with E-state index in [0.29, 0.717) is 0 Å². The molecule has 0 radical (unpaired) electrons. The lowest BCUT2D eigenvalue weighted by atomic mass is 9.89. The highest BCUT2D eigenvalue weighted by molar-refractivity contribution is 9.10. The fourth-order valence-electron chi connectivity index (χ4n) is 3.27. The van der Waals surface area contributed by atoms with E-state index >= 15 is 0 Å². The molecule has 1 unspecified atom stereocenters. The lowest BCUT2D eigenvalue weighted by Crippen LogP contribution is -2.52. The molecule has 2 heterocycles. The Labute approximate surface area is 131 Å². The van der Waals surface area contributed by atoms with Gasteiger partial charge in [0.1, 0.15) is 0 Å². The summed E-state index contributed by atoms with van der Waals surface area (Å²) in [6, 6.07) is 0.280. The van der Waals surface area contributed by atoms with Gasteiger partial charge in [0.15, 0.2) is 0 Å². The fourth-order valence-corrected chi connectivity index (χ4v) is 3.80. The minimum atomic E-state index is 0.0853. The normalized spacial score (nSPS) is 18.6. The van der Waals surface area contributed by atoms with Gasteiger partial charge in [-0.05, 0) is 69.2 Å². The van der Waals surface area contributed by atoms with E-state index in [0.717, 1.165) is 17.6 Å². The number of likely N-dealkylation sites (tertiary alicyclic amines) is 1.